The zero-order valence-corrected chi connectivity index (χ0v) is 13.9. The largest absolute Gasteiger partial charge is 0.476 e. The molecule has 0 saturated heterocycles. The van der Waals surface area contributed by atoms with Crippen LogP contribution < -0.4 is 4.74 Å². The average Bonchev–Trinajstić information content (AvgIpc) is 2.54. The van der Waals surface area contributed by atoms with Crippen LogP contribution in [0.25, 0.3) is 0 Å². The monoisotopic (exact) mass is 332 g/mol. The molecular formula is C18H17ClO4. The van der Waals surface area contributed by atoms with Crippen molar-refractivity contribution in [3.8, 4) is 5.75 Å². The van der Waals surface area contributed by atoms with Gasteiger partial charge in [0, 0.05) is 16.1 Å². The van der Waals surface area contributed by atoms with Crippen molar-refractivity contribution in [1.29, 1.82) is 0 Å². The topological polar surface area (TPSA) is 52.6 Å². The molecule has 0 aliphatic carbocycles. The van der Waals surface area contributed by atoms with Gasteiger partial charge in [-0.3, -0.25) is 4.79 Å². The Morgan fingerprint density at radius 2 is 1.39 bits per heavy atom. The summed E-state index contributed by atoms with van der Waals surface area (Å²) < 4.78 is 10.3. The summed E-state index contributed by atoms with van der Waals surface area (Å²) in [4.78, 5) is 24.0. The van der Waals surface area contributed by atoms with Crippen LogP contribution in [-0.2, 0) is 9.53 Å². The molecular weight excluding hydrogens is 316 g/mol. The van der Waals surface area contributed by atoms with E-state index < -0.39 is 11.6 Å². The molecule has 0 heterocycles. The average molecular weight is 333 g/mol. The van der Waals surface area contributed by atoms with Gasteiger partial charge in [0.15, 0.2) is 11.4 Å². The molecule has 2 aromatic rings. The molecule has 0 spiro atoms. The predicted molar refractivity (Wildman–Crippen MR) is 88.0 cm³/mol. The third-order valence-electron chi connectivity index (χ3n) is 3.27. The molecule has 0 saturated carbocycles. The van der Waals surface area contributed by atoms with Crippen molar-refractivity contribution in [3.05, 3.63) is 64.7 Å². The Bertz CT molecular complexity index is 703. The fraction of sp³-hybridized carbons (Fsp3) is 0.222. The Morgan fingerprint density at radius 1 is 0.913 bits per heavy atom. The molecule has 5 heteroatoms. The summed E-state index contributed by atoms with van der Waals surface area (Å²) >= 11 is 5.82. The van der Waals surface area contributed by atoms with E-state index in [-0.39, 0.29) is 5.78 Å². The third-order valence-corrected chi connectivity index (χ3v) is 3.52. The Hall–Kier alpha value is -2.33. The van der Waals surface area contributed by atoms with Crippen LogP contribution in [0.5, 0.6) is 5.75 Å². The smallest absolute Gasteiger partial charge is 0.349 e. The van der Waals surface area contributed by atoms with Gasteiger partial charge in [0.2, 0.25) is 0 Å². The van der Waals surface area contributed by atoms with Crippen LogP contribution in [-0.4, -0.2) is 24.5 Å². The number of carbonyl (C=O) groups excluding carboxylic acids is 2. The quantitative estimate of drug-likeness (QED) is 0.615. The number of hydrogen-bond acceptors (Lipinski definition) is 4. The number of halogens is 1. The van der Waals surface area contributed by atoms with Gasteiger partial charge in [-0.15, -0.1) is 0 Å². The lowest BCUT2D eigenvalue weighted by atomic mass is 10.0. The molecule has 0 aromatic heterocycles. The van der Waals surface area contributed by atoms with Crippen LogP contribution in [0.1, 0.15) is 29.8 Å². The number of ketones is 1. The van der Waals surface area contributed by atoms with E-state index in [0.717, 1.165) is 0 Å². The maximum atomic E-state index is 12.4. The van der Waals surface area contributed by atoms with Crippen LogP contribution in [0, 0.1) is 0 Å². The minimum absolute atomic E-state index is 0.111. The zero-order chi connectivity index (χ0) is 17.0. The number of rotatable bonds is 5. The Labute approximate surface area is 140 Å². The van der Waals surface area contributed by atoms with Gasteiger partial charge in [-0.2, -0.15) is 0 Å². The van der Waals surface area contributed by atoms with Crippen LogP contribution in [0.3, 0.4) is 0 Å². The van der Waals surface area contributed by atoms with Crippen LogP contribution in [0.4, 0.5) is 0 Å². The van der Waals surface area contributed by atoms with Gasteiger partial charge in [0.1, 0.15) is 5.75 Å². The van der Waals surface area contributed by atoms with Crippen molar-refractivity contribution >= 4 is 23.4 Å². The molecule has 0 bridgehead atoms. The van der Waals surface area contributed by atoms with Gasteiger partial charge in [0.05, 0.1) is 7.11 Å². The van der Waals surface area contributed by atoms with Crippen molar-refractivity contribution in [2.24, 2.45) is 0 Å². The summed E-state index contributed by atoms with van der Waals surface area (Å²) in [6, 6.07) is 13.3. The second-order valence-corrected chi connectivity index (χ2v) is 5.90. The lowest BCUT2D eigenvalue weighted by Gasteiger charge is -2.23. The standard InChI is InChI=1S/C18H17ClO4/c1-18(2,17(21)22-3)23-15-10-6-13(7-11-15)16(20)12-4-8-14(19)9-5-12/h4-11H,1-3H3. The molecule has 23 heavy (non-hydrogen) atoms. The summed E-state index contributed by atoms with van der Waals surface area (Å²) in [5.74, 6) is -0.104. The lowest BCUT2D eigenvalue weighted by molar-refractivity contribution is -0.156. The van der Waals surface area contributed by atoms with Crippen LogP contribution >= 0.6 is 11.6 Å². The van der Waals surface area contributed by atoms with E-state index in [1.807, 2.05) is 0 Å². The van der Waals surface area contributed by atoms with Crippen LogP contribution in [0.2, 0.25) is 5.02 Å². The van der Waals surface area contributed by atoms with Crippen molar-refractivity contribution in [2.45, 2.75) is 19.4 Å². The molecule has 0 amide bonds. The SMILES string of the molecule is COC(=O)C(C)(C)Oc1ccc(C(=O)c2ccc(Cl)cc2)cc1. The lowest BCUT2D eigenvalue weighted by Crippen LogP contribution is -2.39. The zero-order valence-electron chi connectivity index (χ0n) is 13.1. The minimum Gasteiger partial charge on any atom is -0.476 e. The summed E-state index contributed by atoms with van der Waals surface area (Å²) in [7, 11) is 1.31. The van der Waals surface area contributed by atoms with Crippen molar-refractivity contribution in [2.75, 3.05) is 7.11 Å². The number of benzene rings is 2. The number of carbonyl (C=O) groups is 2. The second kappa shape index (κ2) is 6.84. The first-order valence-corrected chi connectivity index (χ1v) is 7.39. The summed E-state index contributed by atoms with van der Waals surface area (Å²) in [5, 5.41) is 0.579. The molecule has 2 rings (SSSR count). The first-order valence-electron chi connectivity index (χ1n) is 7.01. The fourth-order valence-electron chi connectivity index (χ4n) is 2.02. The second-order valence-electron chi connectivity index (χ2n) is 5.46. The molecule has 0 N–H and O–H groups in total. The maximum absolute atomic E-state index is 12.4. The highest BCUT2D eigenvalue weighted by atomic mass is 35.5. The molecule has 0 aliphatic heterocycles. The Morgan fingerprint density at radius 3 is 1.87 bits per heavy atom. The first kappa shape index (κ1) is 17.0. The highest BCUT2D eigenvalue weighted by Crippen LogP contribution is 2.21. The predicted octanol–water partition coefficient (Wildman–Crippen LogP) is 3.90. The van der Waals surface area contributed by atoms with E-state index in [4.69, 9.17) is 16.3 Å². The molecule has 2 aromatic carbocycles. The van der Waals surface area contributed by atoms with Gasteiger partial charge in [-0.25, -0.2) is 4.79 Å². The van der Waals surface area contributed by atoms with E-state index in [9.17, 15) is 9.59 Å². The number of methoxy groups -OCH3 is 1. The minimum atomic E-state index is -1.10. The van der Waals surface area contributed by atoms with Crippen LogP contribution in [0.15, 0.2) is 48.5 Å². The van der Waals surface area contributed by atoms with E-state index in [0.29, 0.717) is 21.9 Å². The Kier molecular flexibility index (Phi) is 5.06. The molecule has 120 valence electrons. The summed E-state index contributed by atoms with van der Waals surface area (Å²) in [5.41, 5.74) is -0.0234. The van der Waals surface area contributed by atoms with Gasteiger partial charge in [-0.05, 0) is 62.4 Å². The summed E-state index contributed by atoms with van der Waals surface area (Å²) in [6.07, 6.45) is 0. The highest BCUT2D eigenvalue weighted by molar-refractivity contribution is 6.30. The third kappa shape index (κ3) is 4.11. The van der Waals surface area contributed by atoms with Crippen molar-refractivity contribution in [1.82, 2.24) is 0 Å². The van der Waals surface area contributed by atoms with E-state index in [2.05, 4.69) is 4.74 Å². The Balaban J connectivity index is 2.15. The van der Waals surface area contributed by atoms with Crippen molar-refractivity contribution in [3.63, 3.8) is 0 Å². The number of esters is 1. The van der Waals surface area contributed by atoms with E-state index in [1.54, 1.807) is 62.4 Å². The van der Waals surface area contributed by atoms with Gasteiger partial charge in [0.25, 0.3) is 0 Å². The highest BCUT2D eigenvalue weighted by Gasteiger charge is 2.31. The first-order chi connectivity index (χ1) is 10.8. The molecule has 0 fully saturated rings. The summed E-state index contributed by atoms with van der Waals surface area (Å²) in [6.45, 7) is 3.23. The van der Waals surface area contributed by atoms with Gasteiger partial charge in [-0.1, -0.05) is 11.6 Å². The molecule has 0 atom stereocenters. The number of ether oxygens (including phenoxy) is 2. The van der Waals surface area contributed by atoms with Gasteiger partial charge >= 0.3 is 5.97 Å². The van der Waals surface area contributed by atoms with Gasteiger partial charge < -0.3 is 9.47 Å². The molecule has 0 aliphatic rings. The van der Waals surface area contributed by atoms with E-state index in [1.165, 1.54) is 7.11 Å². The maximum Gasteiger partial charge on any atom is 0.349 e. The van der Waals surface area contributed by atoms with Crippen molar-refractivity contribution < 1.29 is 19.1 Å². The normalized spacial score (nSPS) is 11.0. The fourth-order valence-corrected chi connectivity index (χ4v) is 2.15. The molecule has 0 unspecified atom stereocenters. The molecule has 4 nitrogen and oxygen atoms in total. The molecule has 0 radical (unpaired) electrons. The number of hydrogen-bond donors (Lipinski definition) is 0. The van der Waals surface area contributed by atoms with E-state index >= 15 is 0 Å².